The Morgan fingerprint density at radius 1 is 0.844 bits per heavy atom. The van der Waals surface area contributed by atoms with Crippen LogP contribution in [-0.2, 0) is 6.42 Å². The Hall–Kier alpha value is -1.04. The van der Waals surface area contributed by atoms with Gasteiger partial charge in [-0.1, -0.05) is 76.5 Å². The van der Waals surface area contributed by atoms with E-state index in [4.69, 9.17) is 0 Å². The zero-order valence-electron chi connectivity index (χ0n) is 21.5. The van der Waals surface area contributed by atoms with Gasteiger partial charge in [-0.2, -0.15) is 0 Å². The van der Waals surface area contributed by atoms with Crippen LogP contribution in [0.5, 0.6) is 0 Å². The molecule has 4 rings (SSSR count). The first kappa shape index (κ1) is 24.1. The smallest absolute Gasteiger partial charge is 0.0159 e. The maximum atomic E-state index is 4.50. The van der Waals surface area contributed by atoms with Gasteiger partial charge in [0.05, 0.1) is 0 Å². The lowest BCUT2D eigenvalue weighted by Gasteiger charge is -2.31. The topological polar surface area (TPSA) is 0 Å². The molecule has 1 aromatic carbocycles. The van der Waals surface area contributed by atoms with Gasteiger partial charge in [0, 0.05) is 0 Å². The Morgan fingerprint density at radius 2 is 1.50 bits per heavy atom. The second-order valence-corrected chi connectivity index (χ2v) is 12.0. The Labute approximate surface area is 199 Å². The van der Waals surface area contributed by atoms with E-state index < -0.39 is 0 Å². The summed E-state index contributed by atoms with van der Waals surface area (Å²) in [7, 11) is 0. The molecule has 0 heteroatoms. The molecule has 0 aliphatic heterocycles. The molecule has 0 nitrogen and oxygen atoms in total. The standard InChI is InChI=1S/C32H50/c1-5-27-10-8-9-13-32(27)29-19-15-26(16-20-29)17-21-31-22-30(24(3)25(31)4)18-14-23(2)28-11-6-7-12-28/h8-10,13,24-26,28-31H,2,5-7,11-12,14-22H2,1,3-4H3/t24-,25+,26?,29?,30?,31?/m0/s1. The molecule has 178 valence electrons. The Morgan fingerprint density at radius 3 is 2.19 bits per heavy atom. The van der Waals surface area contributed by atoms with Gasteiger partial charge in [-0.05, 0) is 123 Å². The summed E-state index contributed by atoms with van der Waals surface area (Å²) in [6.45, 7) is 11.9. The van der Waals surface area contributed by atoms with Gasteiger partial charge >= 0.3 is 0 Å². The predicted molar refractivity (Wildman–Crippen MR) is 140 cm³/mol. The number of hydrogen-bond acceptors (Lipinski definition) is 0. The van der Waals surface area contributed by atoms with Gasteiger partial charge in [-0.3, -0.25) is 0 Å². The summed E-state index contributed by atoms with van der Waals surface area (Å²) in [6.07, 6.45) is 19.9. The summed E-state index contributed by atoms with van der Waals surface area (Å²) in [4.78, 5) is 0. The van der Waals surface area contributed by atoms with Crippen LogP contribution >= 0.6 is 0 Å². The van der Waals surface area contributed by atoms with E-state index in [1.54, 1.807) is 16.7 Å². The molecule has 0 aromatic heterocycles. The number of rotatable bonds is 9. The molecule has 0 heterocycles. The lowest BCUT2D eigenvalue weighted by atomic mass is 9.75. The van der Waals surface area contributed by atoms with E-state index in [0.29, 0.717) is 0 Å². The highest BCUT2D eigenvalue weighted by Crippen LogP contribution is 2.48. The Balaban J connectivity index is 1.20. The van der Waals surface area contributed by atoms with Crippen LogP contribution < -0.4 is 0 Å². The van der Waals surface area contributed by atoms with Crippen molar-refractivity contribution in [1.29, 1.82) is 0 Å². The monoisotopic (exact) mass is 434 g/mol. The average Bonchev–Trinajstić information content (AvgIpc) is 3.46. The first-order valence-corrected chi connectivity index (χ1v) is 14.3. The van der Waals surface area contributed by atoms with Gasteiger partial charge in [0.25, 0.3) is 0 Å². The van der Waals surface area contributed by atoms with E-state index >= 15 is 0 Å². The van der Waals surface area contributed by atoms with Crippen molar-refractivity contribution >= 4 is 0 Å². The van der Waals surface area contributed by atoms with Crippen molar-refractivity contribution in [3.63, 3.8) is 0 Å². The molecule has 3 aliphatic carbocycles. The summed E-state index contributed by atoms with van der Waals surface area (Å²) in [5.74, 6) is 6.45. The van der Waals surface area contributed by atoms with Crippen LogP contribution in [0.2, 0.25) is 0 Å². The largest absolute Gasteiger partial charge is 0.0996 e. The maximum absolute atomic E-state index is 4.50. The summed E-state index contributed by atoms with van der Waals surface area (Å²) < 4.78 is 0. The van der Waals surface area contributed by atoms with Crippen LogP contribution in [0.3, 0.4) is 0 Å². The van der Waals surface area contributed by atoms with Gasteiger partial charge in [-0.15, -0.1) is 0 Å². The summed E-state index contributed by atoms with van der Waals surface area (Å²) in [5.41, 5.74) is 4.84. The maximum Gasteiger partial charge on any atom is -0.0159 e. The minimum absolute atomic E-state index is 0.824. The van der Waals surface area contributed by atoms with Crippen molar-refractivity contribution in [2.24, 2.45) is 35.5 Å². The van der Waals surface area contributed by atoms with Crippen molar-refractivity contribution in [1.82, 2.24) is 0 Å². The molecule has 3 fully saturated rings. The summed E-state index contributed by atoms with van der Waals surface area (Å²) >= 11 is 0. The van der Waals surface area contributed by atoms with Crippen LogP contribution in [0.4, 0.5) is 0 Å². The lowest BCUT2D eigenvalue weighted by molar-refractivity contribution is 0.261. The molecule has 3 aliphatic rings. The van der Waals surface area contributed by atoms with Gasteiger partial charge in [-0.25, -0.2) is 0 Å². The van der Waals surface area contributed by atoms with Crippen molar-refractivity contribution < 1.29 is 0 Å². The van der Waals surface area contributed by atoms with Gasteiger partial charge in [0.15, 0.2) is 0 Å². The highest BCUT2D eigenvalue weighted by molar-refractivity contribution is 5.30. The summed E-state index contributed by atoms with van der Waals surface area (Å²) in [6, 6.07) is 9.23. The Kier molecular flexibility index (Phi) is 8.58. The van der Waals surface area contributed by atoms with Gasteiger partial charge in [0.2, 0.25) is 0 Å². The SMILES string of the molecule is C=C(CCC1CC(CCC2CCC(c3ccccc3CC)CC2)[C@H](C)[C@@H]1C)C1CCCC1. The van der Waals surface area contributed by atoms with Crippen molar-refractivity contribution in [2.45, 2.75) is 117 Å². The number of allylic oxidation sites excluding steroid dienone is 1. The average molecular weight is 435 g/mol. The first-order valence-electron chi connectivity index (χ1n) is 14.3. The highest BCUT2D eigenvalue weighted by atomic mass is 14.4. The molecule has 1 aromatic rings. The second kappa shape index (κ2) is 11.4. The zero-order chi connectivity index (χ0) is 22.5. The van der Waals surface area contributed by atoms with Crippen molar-refractivity contribution in [3.8, 4) is 0 Å². The fourth-order valence-corrected chi connectivity index (χ4v) is 7.81. The molecule has 0 spiro atoms. The normalized spacial score (nSPS) is 33.6. The minimum Gasteiger partial charge on any atom is -0.0996 e. The zero-order valence-corrected chi connectivity index (χ0v) is 21.5. The Bertz CT molecular complexity index is 715. The number of aryl methyl sites for hydroxylation is 1. The van der Waals surface area contributed by atoms with Crippen molar-refractivity contribution in [3.05, 3.63) is 47.5 Å². The molecular formula is C32H50. The molecule has 2 unspecified atom stereocenters. The predicted octanol–water partition coefficient (Wildman–Crippen LogP) is 9.74. The fourth-order valence-electron chi connectivity index (χ4n) is 7.81. The quantitative estimate of drug-likeness (QED) is 0.339. The molecule has 0 radical (unpaired) electrons. The van der Waals surface area contributed by atoms with E-state index in [-0.39, 0.29) is 0 Å². The molecule has 4 atom stereocenters. The van der Waals surface area contributed by atoms with Gasteiger partial charge < -0.3 is 0 Å². The molecule has 0 amide bonds. The number of hydrogen-bond donors (Lipinski definition) is 0. The van der Waals surface area contributed by atoms with E-state index in [1.165, 1.54) is 89.9 Å². The second-order valence-electron chi connectivity index (χ2n) is 12.0. The molecule has 3 saturated carbocycles. The molecule has 0 saturated heterocycles. The summed E-state index contributed by atoms with van der Waals surface area (Å²) in [5, 5.41) is 0. The first-order chi connectivity index (χ1) is 15.6. The third-order valence-electron chi connectivity index (χ3n) is 10.4. The minimum atomic E-state index is 0.824. The van der Waals surface area contributed by atoms with E-state index in [9.17, 15) is 0 Å². The highest BCUT2D eigenvalue weighted by Gasteiger charge is 2.37. The van der Waals surface area contributed by atoms with Gasteiger partial charge in [0.1, 0.15) is 0 Å². The van der Waals surface area contributed by atoms with Crippen LogP contribution in [0.25, 0.3) is 0 Å². The molecule has 0 N–H and O–H groups in total. The number of benzene rings is 1. The van der Waals surface area contributed by atoms with Crippen LogP contribution in [-0.4, -0.2) is 0 Å². The molecular weight excluding hydrogens is 384 g/mol. The van der Waals surface area contributed by atoms with Crippen LogP contribution in [0, 0.1) is 35.5 Å². The van der Waals surface area contributed by atoms with Crippen LogP contribution in [0.15, 0.2) is 36.4 Å². The van der Waals surface area contributed by atoms with Crippen molar-refractivity contribution in [2.75, 3.05) is 0 Å². The fraction of sp³-hybridized carbons (Fsp3) is 0.750. The van der Waals surface area contributed by atoms with E-state index in [1.807, 2.05) is 0 Å². The molecule has 0 bridgehead atoms. The lowest BCUT2D eigenvalue weighted by Crippen LogP contribution is -2.16. The van der Waals surface area contributed by atoms with E-state index in [2.05, 4.69) is 51.6 Å². The third kappa shape index (κ3) is 5.71. The van der Waals surface area contributed by atoms with E-state index in [0.717, 1.165) is 41.4 Å². The van der Waals surface area contributed by atoms with Crippen LogP contribution in [0.1, 0.15) is 121 Å². The molecule has 32 heavy (non-hydrogen) atoms. The third-order valence-corrected chi connectivity index (χ3v) is 10.4.